The van der Waals surface area contributed by atoms with Gasteiger partial charge in [0.1, 0.15) is 0 Å². The SMILES string of the molecule is C[Si](C)(C)/N=C(/O[Si](C)(C)C)c1cccnc1. The molecule has 0 saturated carbocycles. The van der Waals surface area contributed by atoms with E-state index in [-0.39, 0.29) is 0 Å². The summed E-state index contributed by atoms with van der Waals surface area (Å²) in [5, 5.41) is 0. The van der Waals surface area contributed by atoms with E-state index in [1.807, 2.05) is 18.3 Å². The lowest BCUT2D eigenvalue weighted by atomic mass is 10.3. The highest BCUT2D eigenvalue weighted by molar-refractivity contribution is 6.76. The van der Waals surface area contributed by atoms with Crippen molar-refractivity contribution in [1.82, 2.24) is 4.98 Å². The van der Waals surface area contributed by atoms with E-state index >= 15 is 0 Å². The minimum Gasteiger partial charge on any atom is -0.532 e. The molecule has 5 heteroatoms. The second-order valence-electron chi connectivity index (χ2n) is 6.04. The molecule has 0 aliphatic carbocycles. The fourth-order valence-electron chi connectivity index (χ4n) is 1.23. The monoisotopic (exact) mass is 266 g/mol. The van der Waals surface area contributed by atoms with Gasteiger partial charge >= 0.3 is 0 Å². The third-order valence-electron chi connectivity index (χ3n) is 1.75. The predicted molar refractivity (Wildman–Crippen MR) is 78.6 cm³/mol. The molecule has 0 bridgehead atoms. The fraction of sp³-hybridized carbons (Fsp3) is 0.500. The van der Waals surface area contributed by atoms with Crippen LogP contribution in [0, 0.1) is 0 Å². The van der Waals surface area contributed by atoms with Crippen molar-refractivity contribution in [1.29, 1.82) is 0 Å². The molecule has 0 unspecified atom stereocenters. The number of nitrogens with zero attached hydrogens (tertiary/aromatic N) is 2. The van der Waals surface area contributed by atoms with E-state index in [9.17, 15) is 0 Å². The Bertz CT molecular complexity index is 391. The average Bonchev–Trinajstić information content (AvgIpc) is 2.14. The Morgan fingerprint density at radius 1 is 1.18 bits per heavy atom. The van der Waals surface area contributed by atoms with Crippen LogP contribution in [0.5, 0.6) is 0 Å². The topological polar surface area (TPSA) is 34.5 Å². The van der Waals surface area contributed by atoms with Crippen LogP contribution >= 0.6 is 0 Å². The van der Waals surface area contributed by atoms with Crippen molar-refractivity contribution in [2.45, 2.75) is 39.3 Å². The third-order valence-corrected chi connectivity index (χ3v) is 3.43. The molecule has 0 fully saturated rings. The lowest BCUT2D eigenvalue weighted by Crippen LogP contribution is -2.32. The Labute approximate surface area is 106 Å². The predicted octanol–water partition coefficient (Wildman–Crippen LogP) is 3.51. The summed E-state index contributed by atoms with van der Waals surface area (Å²) in [7, 11) is -3.18. The molecule has 1 rings (SSSR count). The molecule has 17 heavy (non-hydrogen) atoms. The molecule has 0 aromatic carbocycles. The zero-order valence-electron chi connectivity index (χ0n) is 11.6. The first-order valence-corrected chi connectivity index (χ1v) is 12.7. The third kappa shape index (κ3) is 5.79. The standard InChI is InChI=1S/C12H22N2OSi2/c1-16(2,3)14-12(15-17(4,5)6)11-8-7-9-13-10-11/h7-10H,1-6H3/b14-12+. The minimum atomic E-state index is -1.64. The van der Waals surface area contributed by atoms with Gasteiger partial charge in [-0.25, -0.2) is 0 Å². The second-order valence-corrected chi connectivity index (χ2v) is 15.0. The lowest BCUT2D eigenvalue weighted by molar-refractivity contribution is 0.554. The van der Waals surface area contributed by atoms with Gasteiger partial charge in [0.05, 0.1) is 5.56 Å². The molecule has 3 nitrogen and oxygen atoms in total. The highest BCUT2D eigenvalue weighted by Gasteiger charge is 2.22. The van der Waals surface area contributed by atoms with E-state index in [2.05, 4.69) is 44.3 Å². The Morgan fingerprint density at radius 2 is 1.82 bits per heavy atom. The molecule has 1 aromatic heterocycles. The van der Waals surface area contributed by atoms with E-state index in [0.29, 0.717) is 0 Å². The molecule has 0 saturated heterocycles. The number of pyridine rings is 1. The first kappa shape index (κ1) is 14.1. The van der Waals surface area contributed by atoms with Crippen LogP contribution in [0.25, 0.3) is 0 Å². The van der Waals surface area contributed by atoms with Crippen molar-refractivity contribution >= 4 is 22.5 Å². The highest BCUT2D eigenvalue weighted by atomic mass is 28.4. The van der Waals surface area contributed by atoms with Gasteiger partial charge in [-0.05, 0) is 51.4 Å². The number of aromatic nitrogens is 1. The smallest absolute Gasteiger partial charge is 0.244 e. The summed E-state index contributed by atoms with van der Waals surface area (Å²) in [6.07, 6.45) is 3.59. The van der Waals surface area contributed by atoms with Crippen LogP contribution in [0.1, 0.15) is 5.56 Å². The van der Waals surface area contributed by atoms with E-state index in [4.69, 9.17) is 9.08 Å². The zero-order valence-corrected chi connectivity index (χ0v) is 13.6. The lowest BCUT2D eigenvalue weighted by Gasteiger charge is -2.23. The van der Waals surface area contributed by atoms with Crippen LogP contribution in [0.4, 0.5) is 0 Å². The van der Waals surface area contributed by atoms with Crippen LogP contribution in [0.3, 0.4) is 0 Å². The van der Waals surface area contributed by atoms with Crippen LogP contribution in [-0.2, 0) is 4.43 Å². The van der Waals surface area contributed by atoms with Gasteiger partial charge in [-0.1, -0.05) is 0 Å². The first-order chi connectivity index (χ1) is 7.67. The second kappa shape index (κ2) is 5.14. The zero-order chi connectivity index (χ0) is 13.1. The maximum absolute atomic E-state index is 6.08. The van der Waals surface area contributed by atoms with Gasteiger partial charge in [-0.3, -0.25) is 9.64 Å². The van der Waals surface area contributed by atoms with Gasteiger partial charge in [0, 0.05) is 12.4 Å². The summed E-state index contributed by atoms with van der Waals surface area (Å²) >= 11 is 0. The van der Waals surface area contributed by atoms with E-state index < -0.39 is 16.6 Å². The number of rotatable bonds is 3. The van der Waals surface area contributed by atoms with Crippen molar-refractivity contribution < 1.29 is 4.43 Å². The fourth-order valence-corrected chi connectivity index (χ4v) is 2.85. The average molecular weight is 266 g/mol. The Balaban J connectivity index is 3.09. The van der Waals surface area contributed by atoms with E-state index in [0.717, 1.165) is 11.5 Å². The summed E-state index contributed by atoms with van der Waals surface area (Å²) in [6.45, 7) is 13.1. The van der Waals surface area contributed by atoms with E-state index in [1.54, 1.807) is 6.20 Å². The van der Waals surface area contributed by atoms with Crippen molar-refractivity contribution in [3.63, 3.8) is 0 Å². The van der Waals surface area contributed by atoms with Gasteiger partial charge in [0.15, 0.2) is 14.1 Å². The first-order valence-electron chi connectivity index (χ1n) is 5.87. The van der Waals surface area contributed by atoms with Gasteiger partial charge in [-0.15, -0.1) is 0 Å². The molecule has 1 heterocycles. The molecule has 0 amide bonds. The van der Waals surface area contributed by atoms with Crippen molar-refractivity contribution in [2.75, 3.05) is 0 Å². The molecule has 0 aliphatic heterocycles. The van der Waals surface area contributed by atoms with E-state index in [1.165, 1.54) is 0 Å². The number of hydrogen-bond donors (Lipinski definition) is 0. The Kier molecular flexibility index (Phi) is 4.27. The van der Waals surface area contributed by atoms with Crippen LogP contribution in [0.15, 0.2) is 29.2 Å². The Hall–Kier alpha value is -0.946. The molecule has 1 aromatic rings. The van der Waals surface area contributed by atoms with Crippen molar-refractivity contribution in [3.05, 3.63) is 30.1 Å². The quantitative estimate of drug-likeness (QED) is 0.476. The summed E-state index contributed by atoms with van der Waals surface area (Å²) in [5.74, 6) is 0.774. The molecular weight excluding hydrogens is 244 g/mol. The molecule has 0 atom stereocenters. The summed E-state index contributed by atoms with van der Waals surface area (Å²) < 4.78 is 10.9. The molecular formula is C12H22N2OSi2. The van der Waals surface area contributed by atoms with Crippen molar-refractivity contribution in [2.24, 2.45) is 4.66 Å². The van der Waals surface area contributed by atoms with Gasteiger partial charge < -0.3 is 4.43 Å². The van der Waals surface area contributed by atoms with Crippen molar-refractivity contribution in [3.8, 4) is 0 Å². The van der Waals surface area contributed by atoms with Crippen LogP contribution in [0.2, 0.25) is 39.3 Å². The summed E-state index contributed by atoms with van der Waals surface area (Å²) in [6, 6.07) is 3.93. The van der Waals surface area contributed by atoms with Gasteiger partial charge in [0.25, 0.3) is 0 Å². The molecule has 0 spiro atoms. The summed E-state index contributed by atoms with van der Waals surface area (Å²) in [5.41, 5.74) is 0.984. The maximum Gasteiger partial charge on any atom is 0.244 e. The molecule has 0 aliphatic rings. The summed E-state index contributed by atoms with van der Waals surface area (Å²) in [4.78, 5) is 4.14. The normalized spacial score (nSPS) is 13.6. The maximum atomic E-state index is 6.08. The molecule has 94 valence electrons. The van der Waals surface area contributed by atoms with Gasteiger partial charge in [0.2, 0.25) is 8.32 Å². The largest absolute Gasteiger partial charge is 0.532 e. The number of hydrogen-bond acceptors (Lipinski definition) is 3. The van der Waals surface area contributed by atoms with Crippen LogP contribution < -0.4 is 0 Å². The molecule has 0 radical (unpaired) electrons. The Morgan fingerprint density at radius 3 is 2.24 bits per heavy atom. The molecule has 0 N–H and O–H groups in total. The van der Waals surface area contributed by atoms with Gasteiger partial charge in [-0.2, -0.15) is 0 Å². The van der Waals surface area contributed by atoms with Crippen LogP contribution in [-0.4, -0.2) is 27.4 Å². The minimum absolute atomic E-state index is 0.774. The highest BCUT2D eigenvalue weighted by Crippen LogP contribution is 2.13.